The lowest BCUT2D eigenvalue weighted by Crippen LogP contribution is -2.36. The maximum atomic E-state index is 13.6. The number of piperidine rings is 1. The second kappa shape index (κ2) is 12.9. The van der Waals surface area contributed by atoms with Crippen molar-refractivity contribution < 1.29 is 9.59 Å². The van der Waals surface area contributed by atoms with E-state index >= 15 is 0 Å². The molecule has 2 heterocycles. The number of thioether (sulfide) groups is 1. The van der Waals surface area contributed by atoms with Crippen LogP contribution in [0.25, 0.3) is 6.08 Å². The lowest BCUT2D eigenvalue weighted by atomic mass is 10.0. The summed E-state index contributed by atoms with van der Waals surface area (Å²) in [6, 6.07) is 23.0. The van der Waals surface area contributed by atoms with Crippen LogP contribution in [0.4, 0.5) is 5.69 Å². The Labute approximate surface area is 240 Å². The molecule has 2 aliphatic rings. The maximum Gasteiger partial charge on any atom is 0.265 e. The van der Waals surface area contributed by atoms with Crippen molar-refractivity contribution in [1.29, 1.82) is 0 Å². The quantitative estimate of drug-likeness (QED) is 0.242. The molecule has 5 rings (SSSR count). The summed E-state index contributed by atoms with van der Waals surface area (Å²) in [6.45, 7) is 6.77. The van der Waals surface area contributed by atoms with Crippen LogP contribution in [-0.2, 0) is 11.3 Å². The van der Waals surface area contributed by atoms with E-state index in [9.17, 15) is 9.59 Å². The summed E-state index contributed by atoms with van der Waals surface area (Å²) in [5, 5.41) is 3.70. The molecule has 3 aromatic carbocycles. The maximum absolute atomic E-state index is 13.6. The highest BCUT2D eigenvalue weighted by Gasteiger charge is 2.29. The summed E-state index contributed by atoms with van der Waals surface area (Å²) in [5.74, 6) is 0.652. The molecule has 1 fully saturated rings. The van der Waals surface area contributed by atoms with Crippen molar-refractivity contribution in [3.05, 3.63) is 99.4 Å². The van der Waals surface area contributed by atoms with E-state index in [1.165, 1.54) is 31.1 Å². The number of fused-ring (bicyclic) bond motifs is 1. The van der Waals surface area contributed by atoms with E-state index in [1.54, 1.807) is 4.90 Å². The molecule has 0 spiro atoms. The zero-order chi connectivity index (χ0) is 27.2. The highest BCUT2D eigenvalue weighted by atomic mass is 35.5. The molecule has 0 aromatic heterocycles. The van der Waals surface area contributed by atoms with Crippen LogP contribution >= 0.6 is 23.4 Å². The molecule has 0 bridgehead atoms. The first kappa shape index (κ1) is 27.5. The summed E-state index contributed by atoms with van der Waals surface area (Å²) >= 11 is 7.67. The van der Waals surface area contributed by atoms with Crippen molar-refractivity contribution >= 4 is 46.9 Å². The number of halogens is 1. The minimum absolute atomic E-state index is 0.0522. The van der Waals surface area contributed by atoms with Gasteiger partial charge in [0.25, 0.3) is 11.8 Å². The second-order valence-corrected chi connectivity index (χ2v) is 11.9. The highest BCUT2D eigenvalue weighted by Crippen LogP contribution is 2.42. The monoisotopic (exact) mass is 559 g/mol. The number of nitrogens with zero attached hydrogens (tertiary/aromatic N) is 2. The summed E-state index contributed by atoms with van der Waals surface area (Å²) in [5.41, 5.74) is 3.37. The topological polar surface area (TPSA) is 52.7 Å². The van der Waals surface area contributed by atoms with E-state index in [1.807, 2.05) is 78.9 Å². The number of amides is 2. The van der Waals surface area contributed by atoms with Crippen molar-refractivity contribution in [2.45, 2.75) is 37.6 Å². The van der Waals surface area contributed by atoms with Crippen LogP contribution in [-0.4, -0.2) is 42.9 Å². The molecule has 3 aromatic rings. The molecule has 0 unspecified atom stereocenters. The first-order chi connectivity index (χ1) is 19.0. The van der Waals surface area contributed by atoms with Crippen molar-refractivity contribution in [3.63, 3.8) is 0 Å². The number of carbonyl (C=O) groups excluding carboxylic acids is 2. The van der Waals surface area contributed by atoms with Gasteiger partial charge in [0.1, 0.15) is 0 Å². The first-order valence-electron chi connectivity index (χ1n) is 13.6. The summed E-state index contributed by atoms with van der Waals surface area (Å²) in [7, 11) is 0. The van der Waals surface area contributed by atoms with E-state index in [-0.39, 0.29) is 11.8 Å². The molecule has 2 aliphatic heterocycles. The molecular weight excluding hydrogens is 526 g/mol. The van der Waals surface area contributed by atoms with E-state index in [0.29, 0.717) is 28.6 Å². The third kappa shape index (κ3) is 7.13. The molecule has 0 aliphatic carbocycles. The van der Waals surface area contributed by atoms with Gasteiger partial charge in [0.05, 0.1) is 17.1 Å². The molecule has 5 nitrogen and oxygen atoms in total. The number of rotatable bonds is 8. The number of nitrogens with one attached hydrogen (secondary N) is 1. The van der Waals surface area contributed by atoms with E-state index in [0.717, 1.165) is 47.1 Å². The molecule has 1 N–H and O–H groups in total. The molecule has 2 amide bonds. The number of hydrogen-bond acceptors (Lipinski definition) is 4. The van der Waals surface area contributed by atoms with Gasteiger partial charge >= 0.3 is 0 Å². The third-order valence-corrected chi connectivity index (χ3v) is 8.52. The van der Waals surface area contributed by atoms with Crippen LogP contribution in [0.2, 0.25) is 5.02 Å². The number of carbonyl (C=O) groups is 2. The molecule has 0 radical (unpaired) electrons. The predicted octanol–water partition coefficient (Wildman–Crippen LogP) is 6.87. The van der Waals surface area contributed by atoms with E-state index in [2.05, 4.69) is 17.1 Å². The van der Waals surface area contributed by atoms with Gasteiger partial charge in [-0.2, -0.15) is 0 Å². The first-order valence-corrected chi connectivity index (χ1v) is 14.8. The second-order valence-electron chi connectivity index (χ2n) is 10.4. The summed E-state index contributed by atoms with van der Waals surface area (Å²) in [6.07, 6.45) is 5.44. The SMILES string of the molecule is C[C@H]1CCCN(CCCNC(=O)c2ccc(/C=C3/Sc4ccccc4N(Cc4cccc(Cl)c4)C3=O)cc2)C1. The number of para-hydroxylation sites is 1. The van der Waals surface area contributed by atoms with Gasteiger partial charge in [0.15, 0.2) is 0 Å². The largest absolute Gasteiger partial charge is 0.352 e. The Balaban J connectivity index is 1.22. The van der Waals surface area contributed by atoms with Gasteiger partial charge in [0, 0.05) is 28.6 Å². The number of benzene rings is 3. The van der Waals surface area contributed by atoms with Crippen LogP contribution in [0, 0.1) is 5.92 Å². The lowest BCUT2D eigenvalue weighted by Gasteiger charge is -2.30. The van der Waals surface area contributed by atoms with Crippen molar-refractivity contribution in [2.75, 3.05) is 31.1 Å². The highest BCUT2D eigenvalue weighted by molar-refractivity contribution is 8.04. The molecule has 1 saturated heterocycles. The molecular formula is C32H34ClN3O2S. The van der Waals surface area contributed by atoms with Crippen LogP contribution in [0.1, 0.15) is 47.7 Å². The van der Waals surface area contributed by atoms with Gasteiger partial charge in [0.2, 0.25) is 0 Å². The molecule has 1 atom stereocenters. The average Bonchev–Trinajstić information content (AvgIpc) is 2.94. The zero-order valence-electron chi connectivity index (χ0n) is 22.2. The van der Waals surface area contributed by atoms with Crippen molar-refractivity contribution in [2.24, 2.45) is 5.92 Å². The Morgan fingerprint density at radius 3 is 2.72 bits per heavy atom. The summed E-state index contributed by atoms with van der Waals surface area (Å²) < 4.78 is 0. The molecule has 7 heteroatoms. The fourth-order valence-corrected chi connectivity index (χ4v) is 6.49. The Morgan fingerprint density at radius 2 is 1.92 bits per heavy atom. The Hall–Kier alpha value is -3.06. The third-order valence-electron chi connectivity index (χ3n) is 7.21. The van der Waals surface area contributed by atoms with Gasteiger partial charge in [-0.05, 0) is 91.9 Å². The van der Waals surface area contributed by atoms with Gasteiger partial charge in [-0.15, -0.1) is 0 Å². The van der Waals surface area contributed by atoms with Gasteiger partial charge in [-0.1, -0.05) is 66.7 Å². The lowest BCUT2D eigenvalue weighted by molar-refractivity contribution is -0.114. The average molecular weight is 560 g/mol. The Kier molecular flexibility index (Phi) is 9.07. The number of hydrogen-bond donors (Lipinski definition) is 1. The number of likely N-dealkylation sites (tertiary alicyclic amines) is 1. The smallest absolute Gasteiger partial charge is 0.265 e. The van der Waals surface area contributed by atoms with Crippen molar-refractivity contribution in [3.8, 4) is 0 Å². The normalized spacial score (nSPS) is 18.7. The standard InChI is InChI=1S/C32H34ClN3O2S/c1-23-7-5-17-35(21-23)18-6-16-34-31(37)26-14-12-24(13-15-26)20-30-32(38)36(22-25-8-4-9-27(33)19-25)28-10-2-3-11-29(28)39-30/h2-4,8-15,19-20,23H,5-7,16-18,21-22H2,1H3,(H,34,37)/b30-20+/t23-/m0/s1. The fraction of sp³-hybridized carbons (Fsp3) is 0.312. The van der Waals surface area contributed by atoms with E-state index < -0.39 is 0 Å². The zero-order valence-corrected chi connectivity index (χ0v) is 23.8. The van der Waals surface area contributed by atoms with Gasteiger partial charge in [-0.3, -0.25) is 9.59 Å². The van der Waals surface area contributed by atoms with Crippen LogP contribution in [0.5, 0.6) is 0 Å². The van der Waals surface area contributed by atoms with Gasteiger partial charge < -0.3 is 15.1 Å². The molecule has 0 saturated carbocycles. The number of anilines is 1. The fourth-order valence-electron chi connectivity index (χ4n) is 5.22. The van der Waals surface area contributed by atoms with Gasteiger partial charge in [-0.25, -0.2) is 0 Å². The molecule has 39 heavy (non-hydrogen) atoms. The minimum Gasteiger partial charge on any atom is -0.352 e. The van der Waals surface area contributed by atoms with E-state index in [4.69, 9.17) is 11.6 Å². The Morgan fingerprint density at radius 1 is 1.10 bits per heavy atom. The van der Waals surface area contributed by atoms with Crippen LogP contribution < -0.4 is 10.2 Å². The molecule has 202 valence electrons. The predicted molar refractivity (Wildman–Crippen MR) is 161 cm³/mol. The summed E-state index contributed by atoms with van der Waals surface area (Å²) in [4.78, 5) is 32.2. The minimum atomic E-state index is -0.0639. The van der Waals surface area contributed by atoms with Crippen molar-refractivity contribution in [1.82, 2.24) is 10.2 Å². The van der Waals surface area contributed by atoms with Crippen LogP contribution in [0.3, 0.4) is 0 Å². The van der Waals surface area contributed by atoms with Crippen LogP contribution in [0.15, 0.2) is 82.6 Å². The Bertz CT molecular complexity index is 1360.